The van der Waals surface area contributed by atoms with E-state index >= 15 is 0 Å². The summed E-state index contributed by atoms with van der Waals surface area (Å²) in [7, 11) is 1.61. The fraction of sp³-hybridized carbons (Fsp3) is 0.692. The van der Waals surface area contributed by atoms with Crippen molar-refractivity contribution >= 4 is 12.3 Å². The van der Waals surface area contributed by atoms with Crippen LogP contribution >= 0.6 is 0 Å². The number of aldehydes is 1. The van der Waals surface area contributed by atoms with Crippen LogP contribution in [0.15, 0.2) is 12.2 Å². The Bertz CT molecular complexity index is 262. The fourth-order valence-electron chi connectivity index (χ4n) is 1.27. The summed E-state index contributed by atoms with van der Waals surface area (Å²) in [6, 6.07) is 0. The first-order valence-corrected chi connectivity index (χ1v) is 6.06. The lowest BCUT2D eigenvalue weighted by Crippen LogP contribution is -2.23. The summed E-state index contributed by atoms with van der Waals surface area (Å²) in [4.78, 5) is 22.0. The average Bonchev–Trinajstić information content (AvgIpc) is 2.36. The molecule has 0 N–H and O–H groups in total. The third-order valence-corrected chi connectivity index (χ3v) is 2.28. The summed E-state index contributed by atoms with van der Waals surface area (Å²) in [5.74, 6) is -0.581. The van der Waals surface area contributed by atoms with E-state index in [1.807, 2.05) is 6.92 Å². The molecule has 0 bridgehead atoms. The minimum atomic E-state index is -0.549. The molecule has 0 aromatic heterocycles. The molecule has 0 heterocycles. The Balaban J connectivity index is 4.05. The number of carbonyl (C=O) groups is 2. The number of hydrogen-bond acceptors (Lipinski definition) is 5. The largest absolute Gasteiger partial charge is 0.463 e. The summed E-state index contributed by atoms with van der Waals surface area (Å²) in [6.45, 7) is 4.93. The van der Waals surface area contributed by atoms with Gasteiger partial charge in [0.15, 0.2) is 0 Å². The van der Waals surface area contributed by atoms with Gasteiger partial charge in [0.05, 0.1) is 6.61 Å². The van der Waals surface area contributed by atoms with Gasteiger partial charge in [-0.2, -0.15) is 0 Å². The predicted molar refractivity (Wildman–Crippen MR) is 67.2 cm³/mol. The Morgan fingerprint density at radius 2 is 2.06 bits per heavy atom. The van der Waals surface area contributed by atoms with Crippen molar-refractivity contribution in [1.82, 2.24) is 0 Å². The molecule has 0 aromatic rings. The van der Waals surface area contributed by atoms with Gasteiger partial charge in [-0.25, -0.2) is 4.79 Å². The molecule has 0 spiro atoms. The van der Waals surface area contributed by atoms with Crippen LogP contribution in [-0.2, 0) is 23.8 Å². The van der Waals surface area contributed by atoms with E-state index in [-0.39, 0.29) is 5.92 Å². The van der Waals surface area contributed by atoms with Crippen molar-refractivity contribution in [1.29, 1.82) is 0 Å². The van der Waals surface area contributed by atoms with Crippen LogP contribution in [0.1, 0.15) is 20.3 Å². The lowest BCUT2D eigenvalue weighted by Gasteiger charge is -2.16. The Labute approximate surface area is 108 Å². The molecule has 0 unspecified atom stereocenters. The molecule has 5 heteroatoms. The van der Waals surface area contributed by atoms with Gasteiger partial charge in [0.25, 0.3) is 0 Å². The van der Waals surface area contributed by atoms with Gasteiger partial charge in [-0.05, 0) is 13.3 Å². The molecule has 2 atom stereocenters. The molecule has 0 radical (unpaired) electrons. The van der Waals surface area contributed by atoms with Crippen molar-refractivity contribution in [3.05, 3.63) is 12.2 Å². The van der Waals surface area contributed by atoms with Crippen LogP contribution in [-0.4, -0.2) is 45.3 Å². The monoisotopic (exact) mass is 258 g/mol. The molecular weight excluding hydrogens is 236 g/mol. The van der Waals surface area contributed by atoms with E-state index in [4.69, 9.17) is 14.2 Å². The van der Waals surface area contributed by atoms with E-state index in [9.17, 15) is 9.59 Å². The maximum atomic E-state index is 11.1. The zero-order valence-corrected chi connectivity index (χ0v) is 11.3. The van der Waals surface area contributed by atoms with Gasteiger partial charge in [-0.15, -0.1) is 0 Å². The quantitative estimate of drug-likeness (QED) is 0.256. The molecule has 0 aromatic carbocycles. The van der Waals surface area contributed by atoms with Gasteiger partial charge in [0.1, 0.15) is 12.4 Å². The van der Waals surface area contributed by atoms with Crippen molar-refractivity contribution in [3.8, 4) is 0 Å². The highest BCUT2D eigenvalue weighted by Crippen LogP contribution is 2.08. The van der Waals surface area contributed by atoms with E-state index in [1.165, 1.54) is 6.08 Å². The number of esters is 1. The van der Waals surface area contributed by atoms with Crippen LogP contribution < -0.4 is 0 Å². The molecule has 0 aliphatic carbocycles. The summed E-state index contributed by atoms with van der Waals surface area (Å²) >= 11 is 0. The standard InChI is InChI=1S/C13H22O5/c1-4-17-13(15)7-6-11(2)12(10-14)18-9-5-8-16-3/h6-7,10-12H,4-5,8-9H2,1-3H3/t11-,12-/m0/s1. The van der Waals surface area contributed by atoms with E-state index in [2.05, 4.69) is 0 Å². The summed E-state index contributed by atoms with van der Waals surface area (Å²) in [5, 5.41) is 0. The van der Waals surface area contributed by atoms with Crippen LogP contribution in [0.25, 0.3) is 0 Å². The maximum absolute atomic E-state index is 11.1. The van der Waals surface area contributed by atoms with Crippen LogP contribution in [0.5, 0.6) is 0 Å². The first-order chi connectivity index (χ1) is 8.65. The van der Waals surface area contributed by atoms with Crippen molar-refractivity contribution in [2.75, 3.05) is 26.9 Å². The molecule has 104 valence electrons. The second kappa shape index (κ2) is 10.9. The summed E-state index contributed by atoms with van der Waals surface area (Å²) < 4.78 is 15.0. The fourth-order valence-corrected chi connectivity index (χ4v) is 1.27. The average molecular weight is 258 g/mol. The molecule has 0 aliphatic rings. The molecule has 18 heavy (non-hydrogen) atoms. The minimum absolute atomic E-state index is 0.172. The van der Waals surface area contributed by atoms with Crippen molar-refractivity contribution in [2.45, 2.75) is 26.4 Å². The van der Waals surface area contributed by atoms with Crippen LogP contribution in [0.4, 0.5) is 0 Å². The normalized spacial score (nSPS) is 14.4. The third-order valence-electron chi connectivity index (χ3n) is 2.28. The van der Waals surface area contributed by atoms with Crippen molar-refractivity contribution < 1.29 is 23.8 Å². The Kier molecular flexibility index (Phi) is 10.2. The molecule has 0 aliphatic heterocycles. The van der Waals surface area contributed by atoms with Crippen molar-refractivity contribution in [2.24, 2.45) is 5.92 Å². The smallest absolute Gasteiger partial charge is 0.330 e. The van der Waals surface area contributed by atoms with Crippen LogP contribution in [0.2, 0.25) is 0 Å². The van der Waals surface area contributed by atoms with E-state index in [0.717, 1.165) is 12.7 Å². The molecule has 0 saturated heterocycles. The van der Waals surface area contributed by atoms with Crippen LogP contribution in [0, 0.1) is 5.92 Å². The lowest BCUT2D eigenvalue weighted by molar-refractivity contribution is -0.137. The Morgan fingerprint density at radius 1 is 1.33 bits per heavy atom. The number of hydrogen-bond donors (Lipinski definition) is 0. The number of ether oxygens (including phenoxy) is 3. The minimum Gasteiger partial charge on any atom is -0.463 e. The first-order valence-electron chi connectivity index (χ1n) is 6.06. The number of carbonyl (C=O) groups excluding carboxylic acids is 2. The highest BCUT2D eigenvalue weighted by Gasteiger charge is 2.14. The summed E-state index contributed by atoms with van der Waals surface area (Å²) in [5.41, 5.74) is 0. The number of methoxy groups -OCH3 is 1. The molecule has 0 rings (SSSR count). The van der Waals surface area contributed by atoms with Gasteiger partial charge in [0, 0.05) is 32.3 Å². The second-order valence-electron chi connectivity index (χ2n) is 3.79. The number of rotatable bonds is 10. The molecule has 5 nitrogen and oxygen atoms in total. The molecule has 0 amide bonds. The molecular formula is C13H22O5. The highest BCUT2D eigenvalue weighted by atomic mass is 16.5. The topological polar surface area (TPSA) is 61.8 Å². The second-order valence-corrected chi connectivity index (χ2v) is 3.79. The SMILES string of the molecule is CCOC(=O)C=C[C@H](C)[C@H](C=O)OCCCOC. The predicted octanol–water partition coefficient (Wildman–Crippen LogP) is 1.36. The van der Waals surface area contributed by atoms with Gasteiger partial charge < -0.3 is 19.0 Å². The molecule has 0 saturated carbocycles. The Hall–Kier alpha value is -1.20. The summed E-state index contributed by atoms with van der Waals surface area (Å²) in [6.07, 6.45) is 3.87. The maximum Gasteiger partial charge on any atom is 0.330 e. The van der Waals surface area contributed by atoms with Gasteiger partial charge >= 0.3 is 5.97 Å². The zero-order chi connectivity index (χ0) is 13.8. The van der Waals surface area contributed by atoms with Gasteiger partial charge in [-0.1, -0.05) is 13.0 Å². The zero-order valence-electron chi connectivity index (χ0n) is 11.3. The third kappa shape index (κ3) is 7.97. The van der Waals surface area contributed by atoms with E-state index < -0.39 is 12.1 Å². The van der Waals surface area contributed by atoms with E-state index in [0.29, 0.717) is 19.8 Å². The first kappa shape index (κ1) is 16.8. The highest BCUT2D eigenvalue weighted by molar-refractivity contribution is 5.82. The van der Waals surface area contributed by atoms with Gasteiger partial charge in [0.2, 0.25) is 0 Å². The molecule has 0 fully saturated rings. The van der Waals surface area contributed by atoms with Gasteiger partial charge in [-0.3, -0.25) is 0 Å². The Morgan fingerprint density at radius 3 is 2.61 bits per heavy atom. The van der Waals surface area contributed by atoms with Crippen LogP contribution in [0.3, 0.4) is 0 Å². The van der Waals surface area contributed by atoms with Crippen molar-refractivity contribution in [3.63, 3.8) is 0 Å². The van der Waals surface area contributed by atoms with E-state index in [1.54, 1.807) is 20.1 Å². The lowest BCUT2D eigenvalue weighted by atomic mass is 10.1.